The molecule has 0 aromatic rings. The van der Waals surface area contributed by atoms with Crippen molar-refractivity contribution in [3.05, 3.63) is 0 Å². The van der Waals surface area contributed by atoms with Crippen molar-refractivity contribution in [1.29, 1.82) is 0 Å². The standard InChI is InChI=1S/C7H16O4SSi/c1-6(7(8)10-2)12(9)11-13(3,4)5/h6H,1-5H3. The predicted molar refractivity (Wildman–Crippen MR) is 54.1 cm³/mol. The van der Waals surface area contributed by atoms with Gasteiger partial charge in [0.05, 0.1) is 7.11 Å². The highest BCUT2D eigenvalue weighted by Gasteiger charge is 2.27. The summed E-state index contributed by atoms with van der Waals surface area (Å²) in [7, 11) is -0.581. The maximum atomic E-state index is 11.4. The summed E-state index contributed by atoms with van der Waals surface area (Å²) in [6.45, 7) is 7.26. The van der Waals surface area contributed by atoms with Crippen LogP contribution >= 0.6 is 0 Å². The first kappa shape index (κ1) is 12.8. The van der Waals surface area contributed by atoms with Gasteiger partial charge < -0.3 is 8.61 Å². The molecule has 0 saturated heterocycles. The largest absolute Gasteiger partial charge is 0.468 e. The number of methoxy groups -OCH3 is 1. The van der Waals surface area contributed by atoms with E-state index in [2.05, 4.69) is 4.74 Å². The Morgan fingerprint density at radius 3 is 2.15 bits per heavy atom. The molecular formula is C7H16O4SSi. The van der Waals surface area contributed by atoms with Gasteiger partial charge in [0.1, 0.15) is 0 Å². The van der Waals surface area contributed by atoms with Crippen LogP contribution in [0.3, 0.4) is 0 Å². The van der Waals surface area contributed by atoms with Crippen LogP contribution in [0.25, 0.3) is 0 Å². The first-order chi connectivity index (χ1) is 5.78. The number of hydrogen-bond acceptors (Lipinski definition) is 4. The van der Waals surface area contributed by atoms with E-state index < -0.39 is 30.6 Å². The van der Waals surface area contributed by atoms with Gasteiger partial charge in [-0.1, -0.05) is 0 Å². The van der Waals surface area contributed by atoms with Gasteiger partial charge in [-0.3, -0.25) is 4.79 Å². The van der Waals surface area contributed by atoms with E-state index >= 15 is 0 Å². The second-order valence-corrected chi connectivity index (χ2v) is 9.74. The lowest BCUT2D eigenvalue weighted by molar-refractivity contribution is -0.139. The minimum Gasteiger partial charge on any atom is -0.468 e. The predicted octanol–water partition coefficient (Wildman–Crippen LogP) is 1.06. The van der Waals surface area contributed by atoms with Crippen LogP contribution in [0, 0.1) is 0 Å². The van der Waals surface area contributed by atoms with E-state index in [9.17, 15) is 9.00 Å². The number of carbonyl (C=O) groups is 1. The fourth-order valence-corrected chi connectivity index (χ4v) is 3.37. The highest BCUT2D eigenvalue weighted by atomic mass is 32.2. The molecule has 0 aliphatic heterocycles. The van der Waals surface area contributed by atoms with Gasteiger partial charge in [0.25, 0.3) is 0 Å². The molecule has 6 heteroatoms. The third-order valence-electron chi connectivity index (χ3n) is 1.15. The Hall–Kier alpha value is -0.203. The number of ether oxygens (including phenoxy) is 1. The Labute approximate surface area is 82.4 Å². The van der Waals surface area contributed by atoms with E-state index in [-0.39, 0.29) is 0 Å². The summed E-state index contributed by atoms with van der Waals surface area (Å²) >= 11 is -1.58. The zero-order chi connectivity index (χ0) is 10.6. The van der Waals surface area contributed by atoms with Crippen LogP contribution in [-0.2, 0) is 24.5 Å². The maximum absolute atomic E-state index is 11.4. The van der Waals surface area contributed by atoms with Crippen LogP contribution < -0.4 is 0 Å². The quantitative estimate of drug-likeness (QED) is 0.529. The fraction of sp³-hybridized carbons (Fsp3) is 0.857. The molecular weight excluding hydrogens is 208 g/mol. The van der Waals surface area contributed by atoms with Crippen LogP contribution in [0.4, 0.5) is 0 Å². The van der Waals surface area contributed by atoms with Gasteiger partial charge >= 0.3 is 5.97 Å². The van der Waals surface area contributed by atoms with Crippen molar-refractivity contribution in [2.45, 2.75) is 31.8 Å². The molecule has 0 radical (unpaired) electrons. The van der Waals surface area contributed by atoms with E-state index in [4.69, 9.17) is 3.87 Å². The van der Waals surface area contributed by atoms with Crippen LogP contribution in [0.2, 0.25) is 19.6 Å². The van der Waals surface area contributed by atoms with Gasteiger partial charge in [-0.25, -0.2) is 4.21 Å². The molecule has 0 bridgehead atoms. The lowest BCUT2D eigenvalue weighted by Crippen LogP contribution is -2.33. The zero-order valence-electron chi connectivity index (χ0n) is 8.62. The van der Waals surface area contributed by atoms with E-state index in [0.29, 0.717) is 0 Å². The first-order valence-electron chi connectivity index (χ1n) is 3.96. The van der Waals surface area contributed by atoms with Crippen molar-refractivity contribution in [3.8, 4) is 0 Å². The van der Waals surface area contributed by atoms with Crippen LogP contribution in [0.15, 0.2) is 0 Å². The summed E-state index contributed by atoms with van der Waals surface area (Å²) in [6, 6.07) is 0. The Bertz CT molecular complexity index is 211. The van der Waals surface area contributed by atoms with Crippen LogP contribution in [-0.4, -0.2) is 30.9 Å². The number of hydrogen-bond donors (Lipinski definition) is 0. The van der Waals surface area contributed by atoms with Crippen molar-refractivity contribution in [2.24, 2.45) is 0 Å². The third-order valence-corrected chi connectivity index (χ3v) is 4.58. The smallest absolute Gasteiger partial charge is 0.323 e. The Morgan fingerprint density at radius 1 is 1.38 bits per heavy atom. The molecule has 0 spiro atoms. The number of carbonyl (C=O) groups excluding carboxylic acids is 1. The van der Waals surface area contributed by atoms with Gasteiger partial charge in [0.2, 0.25) is 8.32 Å². The number of rotatable bonds is 4. The van der Waals surface area contributed by atoms with Crippen molar-refractivity contribution in [1.82, 2.24) is 0 Å². The van der Waals surface area contributed by atoms with Crippen molar-refractivity contribution < 1.29 is 17.6 Å². The molecule has 0 rings (SSSR count). The molecule has 2 atom stereocenters. The topological polar surface area (TPSA) is 52.6 Å². The molecule has 0 aliphatic carbocycles. The first-order valence-corrected chi connectivity index (χ1v) is 8.50. The van der Waals surface area contributed by atoms with Crippen LogP contribution in [0.1, 0.15) is 6.92 Å². The second-order valence-electron chi connectivity index (χ2n) is 3.62. The molecule has 0 aromatic carbocycles. The van der Waals surface area contributed by atoms with Gasteiger partial charge in [0, 0.05) is 0 Å². The molecule has 0 heterocycles. The molecule has 0 aromatic heterocycles. The summed E-state index contributed by atoms with van der Waals surface area (Å²) in [6.07, 6.45) is 0. The Morgan fingerprint density at radius 2 is 1.85 bits per heavy atom. The Kier molecular flexibility index (Phi) is 4.80. The molecule has 0 saturated carbocycles. The van der Waals surface area contributed by atoms with Crippen molar-refractivity contribution in [2.75, 3.05) is 7.11 Å². The average Bonchev–Trinajstić information content (AvgIpc) is 1.98. The zero-order valence-corrected chi connectivity index (χ0v) is 10.4. The molecule has 0 amide bonds. The van der Waals surface area contributed by atoms with Gasteiger partial charge in [-0.15, -0.1) is 0 Å². The van der Waals surface area contributed by atoms with Crippen molar-refractivity contribution >= 4 is 25.4 Å². The van der Waals surface area contributed by atoms with Gasteiger partial charge in [-0.05, 0) is 26.6 Å². The summed E-state index contributed by atoms with van der Waals surface area (Å²) < 4.78 is 21.1. The van der Waals surface area contributed by atoms with E-state index in [1.165, 1.54) is 14.0 Å². The van der Waals surface area contributed by atoms with Gasteiger partial charge in [-0.2, -0.15) is 0 Å². The van der Waals surface area contributed by atoms with E-state index in [1.807, 2.05) is 19.6 Å². The molecule has 2 unspecified atom stereocenters. The summed E-state index contributed by atoms with van der Waals surface area (Å²) in [5, 5.41) is -0.711. The second kappa shape index (κ2) is 4.87. The Balaban J connectivity index is 4.20. The van der Waals surface area contributed by atoms with Gasteiger partial charge in [0.15, 0.2) is 16.3 Å². The lowest BCUT2D eigenvalue weighted by Gasteiger charge is -2.18. The SMILES string of the molecule is COC(=O)C(C)S(=O)O[Si](C)(C)C. The maximum Gasteiger partial charge on any atom is 0.323 e. The van der Waals surface area contributed by atoms with E-state index in [0.717, 1.165) is 0 Å². The summed E-state index contributed by atoms with van der Waals surface area (Å²) in [5.41, 5.74) is 0. The van der Waals surface area contributed by atoms with Crippen molar-refractivity contribution in [3.63, 3.8) is 0 Å². The minimum absolute atomic E-state index is 0.503. The molecule has 4 nitrogen and oxygen atoms in total. The fourth-order valence-electron chi connectivity index (χ4n) is 0.563. The number of esters is 1. The van der Waals surface area contributed by atoms with Crippen LogP contribution in [0.5, 0.6) is 0 Å². The lowest BCUT2D eigenvalue weighted by atomic mass is 10.5. The normalized spacial score (nSPS) is 16.4. The third kappa shape index (κ3) is 5.17. The minimum atomic E-state index is -1.85. The highest BCUT2D eigenvalue weighted by Crippen LogP contribution is 2.09. The summed E-state index contributed by atoms with van der Waals surface area (Å²) in [5.74, 6) is -0.503. The monoisotopic (exact) mass is 224 g/mol. The average molecular weight is 224 g/mol. The molecule has 0 fully saturated rings. The molecule has 0 N–H and O–H groups in total. The highest BCUT2D eigenvalue weighted by molar-refractivity contribution is 7.82. The molecule has 0 aliphatic rings. The van der Waals surface area contributed by atoms with E-state index in [1.54, 1.807) is 0 Å². The molecule has 78 valence electrons. The summed E-state index contributed by atoms with van der Waals surface area (Å²) in [4.78, 5) is 11.0. The molecule has 13 heavy (non-hydrogen) atoms.